The van der Waals surface area contributed by atoms with E-state index in [-0.39, 0.29) is 0 Å². The lowest BCUT2D eigenvalue weighted by Gasteiger charge is -1.99. The third kappa shape index (κ3) is 2.98. The Morgan fingerprint density at radius 2 is 2.27 bits per heavy atom. The molecule has 0 aliphatic heterocycles. The van der Waals surface area contributed by atoms with Gasteiger partial charge in [0.25, 0.3) is 0 Å². The number of nitrogens with two attached hydrogens (primary N) is 1. The van der Waals surface area contributed by atoms with Gasteiger partial charge in [-0.2, -0.15) is 10.2 Å². The summed E-state index contributed by atoms with van der Waals surface area (Å²) >= 11 is 6.35. The summed E-state index contributed by atoms with van der Waals surface area (Å²) in [5.74, 6) is 5.32. The molecule has 0 aliphatic carbocycles. The van der Waals surface area contributed by atoms with Crippen LogP contribution in [-0.2, 0) is 4.28 Å². The fourth-order valence-corrected chi connectivity index (χ4v) is 0.980. The molecule has 60 valence electrons. The van der Waals surface area contributed by atoms with Crippen LogP contribution in [0, 0.1) is 0 Å². The summed E-state index contributed by atoms with van der Waals surface area (Å²) in [6.07, 6.45) is 0. The van der Waals surface area contributed by atoms with Crippen molar-refractivity contribution in [1.29, 1.82) is 0 Å². The van der Waals surface area contributed by atoms with Crippen molar-refractivity contribution in [2.24, 2.45) is 5.90 Å². The van der Waals surface area contributed by atoms with E-state index in [0.717, 1.165) is 0 Å². The van der Waals surface area contributed by atoms with Crippen LogP contribution in [0.2, 0.25) is 5.02 Å². The molecule has 0 spiro atoms. The summed E-state index contributed by atoms with van der Waals surface area (Å²) in [4.78, 5) is 0. The number of hydrogen-bond acceptors (Lipinski definition) is 4. The van der Waals surface area contributed by atoms with E-state index in [0.29, 0.717) is 23.1 Å². The molecular weight excluding hydrogens is 186 g/mol. The Balaban J connectivity index is 2.56. The van der Waals surface area contributed by atoms with Crippen molar-refractivity contribution in [3.8, 4) is 5.75 Å². The van der Waals surface area contributed by atoms with Gasteiger partial charge in [-0.1, -0.05) is 17.7 Å². The standard InChI is InChI=1S/C6H6ClNO2S/c7-5-2-1-3-6(4-5)9-11-10-8/h1-4H,8H2. The van der Waals surface area contributed by atoms with Crippen LogP contribution < -0.4 is 10.1 Å². The predicted molar refractivity (Wildman–Crippen MR) is 44.9 cm³/mol. The number of rotatable bonds is 3. The second-order valence-corrected chi connectivity index (χ2v) is 2.64. The van der Waals surface area contributed by atoms with Gasteiger partial charge in [-0.25, -0.2) is 0 Å². The van der Waals surface area contributed by atoms with Gasteiger partial charge in [-0.05, 0) is 12.1 Å². The first kappa shape index (κ1) is 8.67. The molecule has 0 aromatic heterocycles. The minimum atomic E-state index is 0.605. The highest BCUT2D eigenvalue weighted by Crippen LogP contribution is 2.20. The van der Waals surface area contributed by atoms with E-state index in [1.165, 1.54) is 0 Å². The average molecular weight is 192 g/mol. The second-order valence-electron chi connectivity index (χ2n) is 1.70. The van der Waals surface area contributed by atoms with Crippen molar-refractivity contribution in [3.05, 3.63) is 29.3 Å². The molecule has 0 aliphatic rings. The van der Waals surface area contributed by atoms with Gasteiger partial charge in [0.05, 0.1) is 0 Å². The van der Waals surface area contributed by atoms with Crippen molar-refractivity contribution in [3.63, 3.8) is 0 Å². The molecule has 0 saturated carbocycles. The van der Waals surface area contributed by atoms with Crippen molar-refractivity contribution >= 4 is 23.9 Å². The van der Waals surface area contributed by atoms with E-state index in [2.05, 4.69) is 4.28 Å². The van der Waals surface area contributed by atoms with Gasteiger partial charge in [0.1, 0.15) is 5.75 Å². The molecule has 0 atom stereocenters. The molecule has 0 bridgehead atoms. The van der Waals surface area contributed by atoms with Crippen molar-refractivity contribution in [2.45, 2.75) is 0 Å². The van der Waals surface area contributed by atoms with E-state index < -0.39 is 0 Å². The normalized spacial score (nSPS) is 9.64. The van der Waals surface area contributed by atoms with Crippen molar-refractivity contribution in [2.75, 3.05) is 0 Å². The highest BCUT2D eigenvalue weighted by Gasteiger charge is 1.94. The van der Waals surface area contributed by atoms with Gasteiger partial charge >= 0.3 is 0 Å². The molecule has 2 N–H and O–H groups in total. The van der Waals surface area contributed by atoms with Gasteiger partial charge in [0.2, 0.25) is 12.3 Å². The maximum Gasteiger partial charge on any atom is 0.244 e. The molecule has 0 saturated heterocycles. The maximum absolute atomic E-state index is 5.66. The molecule has 1 aromatic rings. The third-order valence-corrected chi connectivity index (χ3v) is 1.54. The summed E-state index contributed by atoms with van der Waals surface area (Å²) in [5, 5.41) is 0.611. The van der Waals surface area contributed by atoms with E-state index in [4.69, 9.17) is 21.7 Å². The van der Waals surface area contributed by atoms with Gasteiger partial charge in [-0.3, -0.25) is 0 Å². The molecular formula is C6H6ClNO2S. The van der Waals surface area contributed by atoms with Crippen LogP contribution in [0.1, 0.15) is 0 Å². The van der Waals surface area contributed by atoms with E-state index in [9.17, 15) is 0 Å². The SMILES string of the molecule is NOSOc1cccc(Cl)c1. The summed E-state index contributed by atoms with van der Waals surface area (Å²) in [7, 11) is 0. The molecule has 0 heterocycles. The fraction of sp³-hybridized carbons (Fsp3) is 0. The van der Waals surface area contributed by atoms with Gasteiger partial charge < -0.3 is 4.18 Å². The van der Waals surface area contributed by atoms with Crippen molar-refractivity contribution < 1.29 is 8.47 Å². The summed E-state index contributed by atoms with van der Waals surface area (Å²) in [5.41, 5.74) is 0. The van der Waals surface area contributed by atoms with Crippen LogP contribution in [0.25, 0.3) is 0 Å². The lowest BCUT2D eigenvalue weighted by molar-refractivity contribution is 0.365. The van der Waals surface area contributed by atoms with Crippen LogP contribution in [0.15, 0.2) is 24.3 Å². The van der Waals surface area contributed by atoms with E-state index >= 15 is 0 Å². The Hall–Kier alpha value is -0.420. The zero-order chi connectivity index (χ0) is 8.10. The Kier molecular flexibility index (Phi) is 3.51. The molecule has 5 heteroatoms. The van der Waals surface area contributed by atoms with E-state index in [1.807, 2.05) is 0 Å². The number of halogens is 1. The lowest BCUT2D eigenvalue weighted by Crippen LogP contribution is -1.91. The topological polar surface area (TPSA) is 44.5 Å². The average Bonchev–Trinajstić information content (AvgIpc) is 2.01. The molecule has 3 nitrogen and oxygen atoms in total. The Bertz CT molecular complexity index is 234. The van der Waals surface area contributed by atoms with Crippen molar-refractivity contribution in [1.82, 2.24) is 0 Å². The van der Waals surface area contributed by atoms with Gasteiger partial charge in [0.15, 0.2) is 0 Å². The molecule has 0 amide bonds. The summed E-state index contributed by atoms with van der Waals surface area (Å²) < 4.78 is 9.06. The minimum Gasteiger partial charge on any atom is -0.399 e. The zero-order valence-electron chi connectivity index (χ0n) is 5.49. The van der Waals surface area contributed by atoms with Crippen LogP contribution in [0.3, 0.4) is 0 Å². The minimum absolute atomic E-state index is 0.605. The smallest absolute Gasteiger partial charge is 0.244 e. The van der Waals surface area contributed by atoms with Crippen LogP contribution in [0.4, 0.5) is 0 Å². The Morgan fingerprint density at radius 1 is 1.45 bits per heavy atom. The summed E-state index contributed by atoms with van der Waals surface area (Å²) in [6, 6.07) is 6.93. The maximum atomic E-state index is 5.66. The van der Waals surface area contributed by atoms with Crippen LogP contribution in [0.5, 0.6) is 5.75 Å². The largest absolute Gasteiger partial charge is 0.399 e. The second kappa shape index (κ2) is 4.46. The first-order valence-corrected chi connectivity index (χ1v) is 3.83. The quantitative estimate of drug-likeness (QED) is 0.588. The fourth-order valence-electron chi connectivity index (χ4n) is 0.578. The van der Waals surface area contributed by atoms with Gasteiger partial charge in [-0.15, -0.1) is 0 Å². The highest BCUT2D eigenvalue weighted by atomic mass is 35.5. The number of hydrogen-bond donors (Lipinski definition) is 1. The Morgan fingerprint density at radius 3 is 2.91 bits per heavy atom. The van der Waals surface area contributed by atoms with Gasteiger partial charge in [0, 0.05) is 11.1 Å². The first-order valence-electron chi connectivity index (χ1n) is 2.78. The molecule has 1 rings (SSSR count). The molecule has 0 radical (unpaired) electrons. The monoisotopic (exact) mass is 191 g/mol. The first-order chi connectivity index (χ1) is 5.33. The van der Waals surface area contributed by atoms with E-state index in [1.54, 1.807) is 24.3 Å². The lowest BCUT2D eigenvalue weighted by atomic mass is 10.3. The molecule has 11 heavy (non-hydrogen) atoms. The summed E-state index contributed by atoms with van der Waals surface area (Å²) in [6.45, 7) is 0. The highest BCUT2D eigenvalue weighted by molar-refractivity contribution is 7.90. The zero-order valence-corrected chi connectivity index (χ0v) is 7.06. The predicted octanol–water partition coefficient (Wildman–Crippen LogP) is 2.17. The third-order valence-electron chi connectivity index (χ3n) is 0.966. The van der Waals surface area contributed by atoms with Crippen LogP contribution >= 0.6 is 23.9 Å². The van der Waals surface area contributed by atoms with Crippen LogP contribution in [-0.4, -0.2) is 0 Å². The molecule has 1 aromatic carbocycles. The Labute approximate surface area is 73.8 Å². The number of benzene rings is 1. The molecule has 0 unspecified atom stereocenters. The molecule has 0 fully saturated rings.